The lowest BCUT2D eigenvalue weighted by atomic mass is 10.1. The molecule has 2 aliphatic rings. The SMILES string of the molecule is COc1ccc(C)cc1N1C(=NC(=O)C(C)C)S[C@@H]2CS(=O)(=O)C[C@H]21. The highest BCUT2D eigenvalue weighted by molar-refractivity contribution is 8.16. The van der Waals surface area contributed by atoms with E-state index in [1.54, 1.807) is 21.0 Å². The molecule has 0 N–H and O–H groups in total. The van der Waals surface area contributed by atoms with Gasteiger partial charge in [-0.1, -0.05) is 31.7 Å². The Hall–Kier alpha value is -1.54. The van der Waals surface area contributed by atoms with Crippen LogP contribution in [0, 0.1) is 12.8 Å². The smallest absolute Gasteiger partial charge is 0.250 e. The van der Waals surface area contributed by atoms with E-state index >= 15 is 0 Å². The van der Waals surface area contributed by atoms with Crippen molar-refractivity contribution in [1.82, 2.24) is 0 Å². The number of thioether (sulfide) groups is 1. The first-order chi connectivity index (χ1) is 11.7. The first-order valence-electron chi connectivity index (χ1n) is 8.15. The van der Waals surface area contributed by atoms with Crippen molar-refractivity contribution in [3.8, 4) is 5.75 Å². The van der Waals surface area contributed by atoms with Crippen LogP contribution in [0.2, 0.25) is 0 Å². The van der Waals surface area contributed by atoms with E-state index in [0.717, 1.165) is 11.3 Å². The van der Waals surface area contributed by atoms with Gasteiger partial charge in [0.1, 0.15) is 5.75 Å². The number of anilines is 1. The molecular formula is C17H22N2O4S2. The standard InChI is InChI=1S/C17H22N2O4S2/c1-10(2)16(20)18-17-19(12-7-11(3)5-6-14(12)23-4)13-8-25(21,22)9-15(13)24-17/h5-7,10,13,15H,8-9H2,1-4H3/t13-,15-/m1/s1. The van der Waals surface area contributed by atoms with Gasteiger partial charge in [-0.15, -0.1) is 0 Å². The number of aryl methyl sites for hydroxylation is 1. The third-order valence-corrected chi connectivity index (χ3v) is 7.57. The summed E-state index contributed by atoms with van der Waals surface area (Å²) >= 11 is 1.38. The molecule has 1 aromatic carbocycles. The van der Waals surface area contributed by atoms with Crippen molar-refractivity contribution in [3.63, 3.8) is 0 Å². The fourth-order valence-corrected chi connectivity index (χ4v) is 6.97. The number of ether oxygens (including phenoxy) is 1. The molecule has 2 heterocycles. The van der Waals surface area contributed by atoms with Gasteiger partial charge in [-0.3, -0.25) is 4.79 Å². The zero-order valence-electron chi connectivity index (χ0n) is 14.7. The van der Waals surface area contributed by atoms with E-state index in [9.17, 15) is 13.2 Å². The number of amidine groups is 1. The normalized spacial score (nSPS) is 26.3. The summed E-state index contributed by atoms with van der Waals surface area (Å²) in [6.07, 6.45) is 0. The van der Waals surface area contributed by atoms with E-state index in [1.807, 2.05) is 30.0 Å². The van der Waals surface area contributed by atoms with E-state index in [-0.39, 0.29) is 34.6 Å². The number of amides is 1. The number of sulfone groups is 1. The summed E-state index contributed by atoms with van der Waals surface area (Å²) in [4.78, 5) is 18.3. The Bertz CT molecular complexity index is 833. The number of fused-ring (bicyclic) bond motifs is 1. The van der Waals surface area contributed by atoms with Gasteiger partial charge in [0.05, 0.1) is 30.3 Å². The largest absolute Gasteiger partial charge is 0.495 e. The third kappa shape index (κ3) is 3.55. The minimum Gasteiger partial charge on any atom is -0.495 e. The van der Waals surface area contributed by atoms with Crippen LogP contribution in [0.25, 0.3) is 0 Å². The third-order valence-electron chi connectivity index (χ3n) is 4.36. The Kier molecular flexibility index (Phi) is 4.85. The topological polar surface area (TPSA) is 76.0 Å². The Labute approximate surface area is 152 Å². The van der Waals surface area contributed by atoms with E-state index in [4.69, 9.17) is 4.74 Å². The van der Waals surface area contributed by atoms with Gasteiger partial charge in [0.2, 0.25) is 0 Å². The highest BCUT2D eigenvalue weighted by Crippen LogP contribution is 2.44. The monoisotopic (exact) mass is 382 g/mol. The molecule has 3 rings (SSSR count). The van der Waals surface area contributed by atoms with Crippen molar-refractivity contribution < 1.29 is 17.9 Å². The number of methoxy groups -OCH3 is 1. The van der Waals surface area contributed by atoms with Crippen LogP contribution >= 0.6 is 11.8 Å². The molecule has 25 heavy (non-hydrogen) atoms. The summed E-state index contributed by atoms with van der Waals surface area (Å²) in [6.45, 7) is 5.56. The van der Waals surface area contributed by atoms with Gasteiger partial charge in [-0.2, -0.15) is 4.99 Å². The van der Waals surface area contributed by atoms with Crippen LogP contribution in [-0.2, 0) is 14.6 Å². The highest BCUT2D eigenvalue weighted by atomic mass is 32.2. The van der Waals surface area contributed by atoms with Gasteiger partial charge < -0.3 is 9.64 Å². The molecule has 0 bridgehead atoms. The fraction of sp³-hybridized carbons (Fsp3) is 0.529. The van der Waals surface area contributed by atoms with E-state index in [0.29, 0.717) is 10.9 Å². The summed E-state index contributed by atoms with van der Waals surface area (Å²) in [5.41, 5.74) is 1.79. The molecule has 0 spiro atoms. The highest BCUT2D eigenvalue weighted by Gasteiger charge is 2.50. The zero-order chi connectivity index (χ0) is 18.4. The summed E-state index contributed by atoms with van der Waals surface area (Å²) in [7, 11) is -1.51. The molecule has 0 aliphatic carbocycles. The van der Waals surface area contributed by atoms with Crippen molar-refractivity contribution in [2.24, 2.45) is 10.9 Å². The summed E-state index contributed by atoms with van der Waals surface area (Å²) in [5, 5.41) is 0.446. The predicted molar refractivity (Wildman–Crippen MR) is 101 cm³/mol. The average molecular weight is 383 g/mol. The van der Waals surface area contributed by atoms with Gasteiger partial charge in [0.25, 0.3) is 5.91 Å². The minimum atomic E-state index is -3.09. The van der Waals surface area contributed by atoms with Crippen LogP contribution < -0.4 is 9.64 Å². The Morgan fingerprint density at radius 1 is 1.36 bits per heavy atom. The number of rotatable bonds is 3. The summed E-state index contributed by atoms with van der Waals surface area (Å²) < 4.78 is 29.7. The maximum atomic E-state index is 12.2. The second-order valence-electron chi connectivity index (χ2n) is 6.73. The van der Waals surface area contributed by atoms with E-state index in [1.165, 1.54) is 11.8 Å². The number of hydrogen-bond acceptors (Lipinski definition) is 5. The zero-order valence-corrected chi connectivity index (χ0v) is 16.4. The molecule has 0 unspecified atom stereocenters. The molecule has 8 heteroatoms. The maximum absolute atomic E-state index is 12.2. The van der Waals surface area contributed by atoms with Crippen LogP contribution in [0.3, 0.4) is 0 Å². The van der Waals surface area contributed by atoms with Gasteiger partial charge in [-0.25, -0.2) is 8.42 Å². The van der Waals surface area contributed by atoms with Crippen molar-refractivity contribution in [3.05, 3.63) is 23.8 Å². The number of aliphatic imine (C=N–C) groups is 1. The lowest BCUT2D eigenvalue weighted by Gasteiger charge is -2.26. The van der Waals surface area contributed by atoms with Gasteiger partial charge >= 0.3 is 0 Å². The van der Waals surface area contributed by atoms with Crippen LogP contribution in [0.15, 0.2) is 23.2 Å². The molecule has 6 nitrogen and oxygen atoms in total. The molecule has 1 amide bonds. The molecule has 2 saturated heterocycles. The van der Waals surface area contributed by atoms with Crippen molar-refractivity contribution >= 4 is 38.4 Å². The molecule has 136 valence electrons. The van der Waals surface area contributed by atoms with Crippen molar-refractivity contribution in [2.45, 2.75) is 32.1 Å². The Morgan fingerprint density at radius 3 is 2.72 bits per heavy atom. The number of benzene rings is 1. The quantitative estimate of drug-likeness (QED) is 0.798. The predicted octanol–water partition coefficient (Wildman–Crippen LogP) is 2.26. The molecule has 0 radical (unpaired) electrons. The molecule has 0 saturated carbocycles. The number of carbonyl (C=O) groups is 1. The lowest BCUT2D eigenvalue weighted by Crippen LogP contribution is -2.38. The molecular weight excluding hydrogens is 360 g/mol. The Morgan fingerprint density at radius 2 is 2.08 bits per heavy atom. The average Bonchev–Trinajstić information content (AvgIpc) is 2.97. The first kappa shape index (κ1) is 18.3. The lowest BCUT2D eigenvalue weighted by molar-refractivity contribution is -0.120. The van der Waals surface area contributed by atoms with Gasteiger partial charge in [0.15, 0.2) is 15.0 Å². The van der Waals surface area contributed by atoms with Crippen LogP contribution in [0.1, 0.15) is 19.4 Å². The Balaban J connectivity index is 2.10. The number of nitrogens with zero attached hydrogens (tertiary/aromatic N) is 2. The van der Waals surface area contributed by atoms with Crippen molar-refractivity contribution in [2.75, 3.05) is 23.5 Å². The number of hydrogen-bond donors (Lipinski definition) is 0. The van der Waals surface area contributed by atoms with E-state index < -0.39 is 9.84 Å². The molecule has 2 aliphatic heterocycles. The summed E-state index contributed by atoms with van der Waals surface area (Å²) in [6, 6.07) is 5.50. The fourth-order valence-electron chi connectivity index (χ4n) is 3.06. The minimum absolute atomic E-state index is 0.0661. The van der Waals surface area contributed by atoms with E-state index in [2.05, 4.69) is 4.99 Å². The van der Waals surface area contributed by atoms with Crippen LogP contribution in [-0.4, -0.2) is 49.4 Å². The maximum Gasteiger partial charge on any atom is 0.250 e. The van der Waals surface area contributed by atoms with Gasteiger partial charge in [0, 0.05) is 11.2 Å². The van der Waals surface area contributed by atoms with Crippen molar-refractivity contribution in [1.29, 1.82) is 0 Å². The molecule has 2 fully saturated rings. The second-order valence-corrected chi connectivity index (χ2v) is 10.1. The molecule has 2 atom stereocenters. The number of carbonyl (C=O) groups excluding carboxylic acids is 1. The first-order valence-corrected chi connectivity index (χ1v) is 10.9. The van der Waals surface area contributed by atoms with Gasteiger partial charge in [-0.05, 0) is 24.6 Å². The molecule has 1 aromatic rings. The molecule has 0 aromatic heterocycles. The van der Waals surface area contributed by atoms with Crippen LogP contribution in [0.5, 0.6) is 5.75 Å². The van der Waals surface area contributed by atoms with Crippen LogP contribution in [0.4, 0.5) is 5.69 Å². The second kappa shape index (κ2) is 6.64. The summed E-state index contributed by atoms with van der Waals surface area (Å²) in [5.74, 6) is 0.403.